The number of hydrogen-bond donors (Lipinski definition) is 1. The maximum absolute atomic E-state index is 12.9. The molecule has 1 unspecified atom stereocenters. The number of aromatic nitrogens is 3. The van der Waals surface area contributed by atoms with Gasteiger partial charge in [-0.2, -0.15) is 0 Å². The van der Waals surface area contributed by atoms with E-state index in [1.165, 1.54) is 0 Å². The first-order valence-corrected chi connectivity index (χ1v) is 9.36. The van der Waals surface area contributed by atoms with Crippen LogP contribution in [0.25, 0.3) is 11.0 Å². The Bertz CT molecular complexity index is 1020. The Kier molecular flexibility index (Phi) is 4.50. The summed E-state index contributed by atoms with van der Waals surface area (Å²) < 4.78 is 1.81. The summed E-state index contributed by atoms with van der Waals surface area (Å²) in [6, 6.07) is 19.4. The molecule has 5 nitrogen and oxygen atoms in total. The van der Waals surface area contributed by atoms with Gasteiger partial charge in [-0.1, -0.05) is 41.6 Å². The normalized spacial score (nSPS) is 12.2. The molecular weight excluding hydrogens is 344 g/mol. The second kappa shape index (κ2) is 7.09. The van der Waals surface area contributed by atoms with E-state index in [0.29, 0.717) is 5.56 Å². The molecule has 1 atom stereocenters. The van der Waals surface area contributed by atoms with Gasteiger partial charge in [0.2, 0.25) is 0 Å². The zero-order chi connectivity index (χ0) is 17.9. The summed E-state index contributed by atoms with van der Waals surface area (Å²) in [7, 11) is 0. The largest absolute Gasteiger partial charge is 0.340 e. The van der Waals surface area contributed by atoms with Crippen molar-refractivity contribution in [1.82, 2.24) is 20.3 Å². The molecule has 1 amide bonds. The van der Waals surface area contributed by atoms with Gasteiger partial charge >= 0.3 is 0 Å². The van der Waals surface area contributed by atoms with E-state index in [1.54, 1.807) is 17.4 Å². The van der Waals surface area contributed by atoms with Crippen LogP contribution in [0.4, 0.5) is 0 Å². The highest BCUT2D eigenvalue weighted by Gasteiger charge is 2.19. The third kappa shape index (κ3) is 3.11. The molecule has 1 N–H and O–H groups in total. The molecule has 2 heterocycles. The molecule has 0 aliphatic carbocycles. The second-order valence-electron chi connectivity index (χ2n) is 5.94. The Balaban J connectivity index is 1.64. The summed E-state index contributed by atoms with van der Waals surface area (Å²) in [5.74, 6) is -0.125. The average molecular weight is 362 g/mol. The molecule has 130 valence electrons. The molecule has 6 heteroatoms. The van der Waals surface area contributed by atoms with E-state index in [0.717, 1.165) is 28.0 Å². The molecule has 0 aliphatic heterocycles. The van der Waals surface area contributed by atoms with Crippen molar-refractivity contribution in [2.45, 2.75) is 19.5 Å². The minimum atomic E-state index is -0.175. The van der Waals surface area contributed by atoms with Crippen LogP contribution in [0.3, 0.4) is 0 Å². The number of nitrogens with one attached hydrogen (secondary N) is 1. The highest BCUT2D eigenvalue weighted by atomic mass is 32.1. The van der Waals surface area contributed by atoms with Crippen LogP contribution in [0.5, 0.6) is 0 Å². The molecule has 0 aliphatic rings. The predicted molar refractivity (Wildman–Crippen MR) is 103 cm³/mol. The lowest BCUT2D eigenvalue weighted by molar-refractivity contribution is 0.0943. The zero-order valence-electron chi connectivity index (χ0n) is 14.3. The number of nitrogens with zero attached hydrogens (tertiary/aromatic N) is 3. The smallest absolute Gasteiger partial charge is 0.252 e. The van der Waals surface area contributed by atoms with Crippen molar-refractivity contribution in [3.05, 3.63) is 82.0 Å². The number of aryl methyl sites for hydroxylation is 1. The SMILES string of the molecule is CCn1nnc2cc(C(=O)NC(c3ccccc3)c3cccs3)ccc21. The Morgan fingerprint density at radius 3 is 2.73 bits per heavy atom. The molecule has 0 radical (unpaired) electrons. The molecule has 2 aromatic carbocycles. The second-order valence-corrected chi connectivity index (χ2v) is 6.92. The van der Waals surface area contributed by atoms with E-state index in [2.05, 4.69) is 15.6 Å². The lowest BCUT2D eigenvalue weighted by Gasteiger charge is -2.18. The highest BCUT2D eigenvalue weighted by Crippen LogP contribution is 2.26. The Hall–Kier alpha value is -2.99. The Morgan fingerprint density at radius 2 is 2.00 bits per heavy atom. The minimum absolute atomic E-state index is 0.125. The number of amides is 1. The molecular formula is C20H18N4OS. The van der Waals surface area contributed by atoms with E-state index in [1.807, 2.05) is 71.6 Å². The monoisotopic (exact) mass is 362 g/mol. The van der Waals surface area contributed by atoms with Crippen molar-refractivity contribution >= 4 is 28.3 Å². The molecule has 4 aromatic rings. The van der Waals surface area contributed by atoms with Crippen molar-refractivity contribution < 1.29 is 4.79 Å². The third-order valence-corrected chi connectivity index (χ3v) is 5.25. The van der Waals surface area contributed by atoms with Gasteiger partial charge in [-0.15, -0.1) is 16.4 Å². The standard InChI is InChI=1S/C20H18N4OS/c1-2-24-17-11-10-15(13-16(17)22-23-24)20(25)21-19(18-9-6-12-26-18)14-7-4-3-5-8-14/h3-13,19H,2H2,1H3,(H,21,25). The van der Waals surface area contributed by atoms with E-state index in [-0.39, 0.29) is 11.9 Å². The van der Waals surface area contributed by atoms with Crippen molar-refractivity contribution in [1.29, 1.82) is 0 Å². The van der Waals surface area contributed by atoms with Gasteiger partial charge in [0.1, 0.15) is 5.52 Å². The van der Waals surface area contributed by atoms with Crippen LogP contribution in [0.15, 0.2) is 66.0 Å². The van der Waals surface area contributed by atoms with Gasteiger partial charge in [-0.3, -0.25) is 4.79 Å². The number of benzene rings is 2. The molecule has 0 fully saturated rings. The average Bonchev–Trinajstić information content (AvgIpc) is 3.35. The molecule has 0 saturated heterocycles. The quantitative estimate of drug-likeness (QED) is 0.583. The zero-order valence-corrected chi connectivity index (χ0v) is 15.1. The van der Waals surface area contributed by atoms with Crippen LogP contribution in [0.1, 0.15) is 33.8 Å². The number of carbonyl (C=O) groups is 1. The van der Waals surface area contributed by atoms with Crippen LogP contribution < -0.4 is 5.32 Å². The summed E-state index contributed by atoms with van der Waals surface area (Å²) in [6.07, 6.45) is 0. The third-order valence-electron chi connectivity index (χ3n) is 4.31. The number of carbonyl (C=O) groups excluding carboxylic acids is 1. The molecule has 0 saturated carbocycles. The van der Waals surface area contributed by atoms with Crippen molar-refractivity contribution in [3.63, 3.8) is 0 Å². The fourth-order valence-electron chi connectivity index (χ4n) is 2.98. The summed E-state index contributed by atoms with van der Waals surface area (Å²) in [5, 5.41) is 13.4. The number of fused-ring (bicyclic) bond motifs is 1. The minimum Gasteiger partial charge on any atom is -0.340 e. The van der Waals surface area contributed by atoms with Gasteiger partial charge in [0.05, 0.1) is 11.6 Å². The van der Waals surface area contributed by atoms with Gasteiger partial charge < -0.3 is 5.32 Å². The summed E-state index contributed by atoms with van der Waals surface area (Å²) >= 11 is 1.63. The first kappa shape index (κ1) is 16.5. The van der Waals surface area contributed by atoms with Crippen LogP contribution in [-0.4, -0.2) is 20.9 Å². The first-order chi connectivity index (χ1) is 12.8. The van der Waals surface area contributed by atoms with Crippen LogP contribution in [-0.2, 0) is 6.54 Å². The fraction of sp³-hybridized carbons (Fsp3) is 0.150. The summed E-state index contributed by atoms with van der Waals surface area (Å²) in [5.41, 5.74) is 3.30. The van der Waals surface area contributed by atoms with E-state index in [4.69, 9.17) is 0 Å². The van der Waals surface area contributed by atoms with Crippen molar-refractivity contribution in [3.8, 4) is 0 Å². The molecule has 26 heavy (non-hydrogen) atoms. The van der Waals surface area contributed by atoms with Crippen molar-refractivity contribution in [2.24, 2.45) is 0 Å². The van der Waals surface area contributed by atoms with E-state index >= 15 is 0 Å². The van der Waals surface area contributed by atoms with E-state index in [9.17, 15) is 4.79 Å². The van der Waals surface area contributed by atoms with Crippen LogP contribution >= 0.6 is 11.3 Å². The maximum atomic E-state index is 12.9. The van der Waals surface area contributed by atoms with Gasteiger partial charge in [-0.05, 0) is 42.1 Å². The fourth-order valence-corrected chi connectivity index (χ4v) is 3.78. The Morgan fingerprint density at radius 1 is 1.15 bits per heavy atom. The summed E-state index contributed by atoms with van der Waals surface area (Å²) in [6.45, 7) is 2.76. The maximum Gasteiger partial charge on any atom is 0.252 e. The topological polar surface area (TPSA) is 59.8 Å². The van der Waals surface area contributed by atoms with Gasteiger partial charge in [0.25, 0.3) is 5.91 Å². The lowest BCUT2D eigenvalue weighted by atomic mass is 10.0. The van der Waals surface area contributed by atoms with Crippen LogP contribution in [0.2, 0.25) is 0 Å². The van der Waals surface area contributed by atoms with Crippen molar-refractivity contribution in [2.75, 3.05) is 0 Å². The molecule has 4 rings (SSSR count). The van der Waals surface area contributed by atoms with Gasteiger partial charge in [0.15, 0.2) is 0 Å². The van der Waals surface area contributed by atoms with Gasteiger partial charge in [0, 0.05) is 17.0 Å². The molecule has 2 aromatic heterocycles. The van der Waals surface area contributed by atoms with Crippen LogP contribution in [0, 0.1) is 0 Å². The number of rotatable bonds is 5. The number of hydrogen-bond acceptors (Lipinski definition) is 4. The Labute approximate surface area is 155 Å². The predicted octanol–water partition coefficient (Wildman–Crippen LogP) is 4.03. The number of thiophene rings is 1. The molecule has 0 spiro atoms. The lowest BCUT2D eigenvalue weighted by Crippen LogP contribution is -2.28. The van der Waals surface area contributed by atoms with Gasteiger partial charge in [-0.25, -0.2) is 4.68 Å². The highest BCUT2D eigenvalue weighted by molar-refractivity contribution is 7.10. The molecule has 0 bridgehead atoms. The van der Waals surface area contributed by atoms with E-state index < -0.39 is 0 Å². The first-order valence-electron chi connectivity index (χ1n) is 8.48. The summed E-state index contributed by atoms with van der Waals surface area (Å²) in [4.78, 5) is 14.0.